The molecular formula is C30H34. The highest BCUT2D eigenvalue weighted by Crippen LogP contribution is 2.57. The van der Waals surface area contributed by atoms with Gasteiger partial charge in [-0.05, 0) is 54.2 Å². The largest absolute Gasteiger partial charge is 0.0991 e. The molecule has 0 bridgehead atoms. The minimum Gasteiger partial charge on any atom is -0.0991 e. The van der Waals surface area contributed by atoms with Gasteiger partial charge >= 0.3 is 0 Å². The highest BCUT2D eigenvalue weighted by Gasteiger charge is 2.46. The first-order valence-corrected chi connectivity index (χ1v) is 10.9. The summed E-state index contributed by atoms with van der Waals surface area (Å²) in [6.07, 6.45) is 19.2. The van der Waals surface area contributed by atoms with Crippen molar-refractivity contribution in [1.29, 1.82) is 0 Å². The molecular weight excluding hydrogens is 360 g/mol. The first-order chi connectivity index (χ1) is 14.7. The number of hydrogen-bond acceptors (Lipinski definition) is 0. The van der Waals surface area contributed by atoms with E-state index in [-0.39, 0.29) is 5.41 Å². The highest BCUT2D eigenvalue weighted by atomic mass is 14.5. The SMILES string of the molecule is C=C/C=C(\C=C/C)C1(C(/C=C\C)=C/C=C/C)c2ccccc2-c2ccccc21.CC. The molecule has 0 fully saturated rings. The summed E-state index contributed by atoms with van der Waals surface area (Å²) in [4.78, 5) is 0. The standard InChI is InChI=1S/C28H28.C2H6/c1-5-9-17-23(16-8-4)28(22(14-6-2)15-7-3)26-20-12-10-18-24(26)25-19-11-13-21-27(25)28;1-2/h5-21H,2H2,1,3-4H3;1-2H3/b9-5+,15-7-,16-8-,22-14+,23-17+;. The molecule has 2 aromatic carbocycles. The van der Waals surface area contributed by atoms with Gasteiger partial charge in [0, 0.05) is 0 Å². The number of hydrogen-bond donors (Lipinski definition) is 0. The predicted molar refractivity (Wildman–Crippen MR) is 135 cm³/mol. The van der Waals surface area contributed by atoms with Crippen molar-refractivity contribution < 1.29 is 0 Å². The summed E-state index contributed by atoms with van der Waals surface area (Å²) in [7, 11) is 0. The van der Waals surface area contributed by atoms with E-state index in [2.05, 4.69) is 124 Å². The lowest BCUT2D eigenvalue weighted by molar-refractivity contribution is 0.765. The van der Waals surface area contributed by atoms with Gasteiger partial charge in [0.1, 0.15) is 0 Å². The maximum Gasteiger partial charge on any atom is 0.0713 e. The molecule has 0 unspecified atom stereocenters. The molecule has 0 radical (unpaired) electrons. The van der Waals surface area contributed by atoms with Gasteiger partial charge < -0.3 is 0 Å². The lowest BCUT2D eigenvalue weighted by atomic mass is 9.66. The number of fused-ring (bicyclic) bond motifs is 3. The maximum atomic E-state index is 4.00. The van der Waals surface area contributed by atoms with Crippen LogP contribution in [-0.4, -0.2) is 0 Å². The summed E-state index contributed by atoms with van der Waals surface area (Å²) in [5.74, 6) is 0. The van der Waals surface area contributed by atoms with Crippen LogP contribution in [0.3, 0.4) is 0 Å². The predicted octanol–water partition coefficient (Wildman–Crippen LogP) is 8.75. The Labute approximate surface area is 183 Å². The first-order valence-electron chi connectivity index (χ1n) is 10.9. The van der Waals surface area contributed by atoms with E-state index in [0.717, 1.165) is 0 Å². The molecule has 0 nitrogen and oxygen atoms in total. The van der Waals surface area contributed by atoms with Gasteiger partial charge in [0.05, 0.1) is 5.41 Å². The molecule has 0 heterocycles. The summed E-state index contributed by atoms with van der Waals surface area (Å²) in [5, 5.41) is 0. The van der Waals surface area contributed by atoms with Gasteiger partial charge in [-0.2, -0.15) is 0 Å². The Hall–Kier alpha value is -3.12. The Bertz CT molecular complexity index is 960. The third-order valence-corrected chi connectivity index (χ3v) is 5.28. The Morgan fingerprint density at radius 2 is 1.17 bits per heavy atom. The molecule has 2 aromatic rings. The molecule has 0 amide bonds. The van der Waals surface area contributed by atoms with Crippen LogP contribution in [-0.2, 0) is 5.41 Å². The highest BCUT2D eigenvalue weighted by molar-refractivity contribution is 5.87. The van der Waals surface area contributed by atoms with Crippen molar-refractivity contribution in [3.8, 4) is 11.1 Å². The minimum atomic E-state index is -0.375. The second-order valence-corrected chi connectivity index (χ2v) is 6.85. The summed E-state index contributed by atoms with van der Waals surface area (Å²) in [6, 6.07) is 17.5. The zero-order valence-corrected chi connectivity index (χ0v) is 19.0. The topological polar surface area (TPSA) is 0 Å². The van der Waals surface area contributed by atoms with Crippen LogP contribution in [0.4, 0.5) is 0 Å². The smallest absolute Gasteiger partial charge is 0.0713 e. The monoisotopic (exact) mass is 394 g/mol. The fourth-order valence-electron chi connectivity index (χ4n) is 4.32. The summed E-state index contributed by atoms with van der Waals surface area (Å²) >= 11 is 0. The average Bonchev–Trinajstić information content (AvgIpc) is 3.09. The average molecular weight is 395 g/mol. The molecule has 0 saturated carbocycles. The van der Waals surface area contributed by atoms with E-state index in [0.29, 0.717) is 0 Å². The summed E-state index contributed by atoms with van der Waals surface area (Å²) in [6.45, 7) is 14.2. The molecule has 0 aliphatic heterocycles. The Kier molecular flexibility index (Phi) is 8.62. The van der Waals surface area contributed by atoms with Gasteiger partial charge in [-0.25, -0.2) is 0 Å². The van der Waals surface area contributed by atoms with Crippen LogP contribution in [0.15, 0.2) is 121 Å². The molecule has 3 rings (SSSR count). The molecule has 0 atom stereocenters. The van der Waals surface area contributed by atoms with Gasteiger partial charge in [-0.15, -0.1) is 0 Å². The second kappa shape index (κ2) is 11.2. The molecule has 1 aliphatic carbocycles. The zero-order chi connectivity index (χ0) is 22.0. The summed E-state index contributed by atoms with van der Waals surface area (Å²) in [5.41, 5.74) is 7.32. The van der Waals surface area contributed by atoms with E-state index in [1.54, 1.807) is 0 Å². The fourth-order valence-corrected chi connectivity index (χ4v) is 4.32. The van der Waals surface area contributed by atoms with Crippen molar-refractivity contribution in [2.45, 2.75) is 40.0 Å². The molecule has 0 N–H and O–H groups in total. The van der Waals surface area contributed by atoms with E-state index in [4.69, 9.17) is 0 Å². The maximum absolute atomic E-state index is 4.00. The number of rotatable bonds is 6. The Balaban J connectivity index is 0.00000155. The van der Waals surface area contributed by atoms with Crippen molar-refractivity contribution in [3.05, 3.63) is 132 Å². The van der Waals surface area contributed by atoms with Crippen LogP contribution in [0.5, 0.6) is 0 Å². The van der Waals surface area contributed by atoms with E-state index < -0.39 is 0 Å². The second-order valence-electron chi connectivity index (χ2n) is 6.85. The quantitative estimate of drug-likeness (QED) is 0.430. The van der Waals surface area contributed by atoms with Crippen LogP contribution < -0.4 is 0 Å². The zero-order valence-electron chi connectivity index (χ0n) is 19.0. The van der Waals surface area contributed by atoms with E-state index >= 15 is 0 Å². The van der Waals surface area contributed by atoms with Gasteiger partial charge in [-0.3, -0.25) is 0 Å². The molecule has 0 saturated heterocycles. The van der Waals surface area contributed by atoms with Crippen molar-refractivity contribution in [1.82, 2.24) is 0 Å². The first kappa shape index (κ1) is 23.2. The van der Waals surface area contributed by atoms with Crippen LogP contribution in [0.2, 0.25) is 0 Å². The van der Waals surface area contributed by atoms with E-state index in [9.17, 15) is 0 Å². The van der Waals surface area contributed by atoms with Gasteiger partial charge in [-0.1, -0.05) is 124 Å². The van der Waals surface area contributed by atoms with Crippen molar-refractivity contribution in [2.75, 3.05) is 0 Å². The Morgan fingerprint density at radius 1 is 0.700 bits per heavy atom. The lowest BCUT2D eigenvalue weighted by Gasteiger charge is -2.35. The van der Waals surface area contributed by atoms with Crippen molar-refractivity contribution >= 4 is 0 Å². The normalized spacial score (nSPS) is 15.2. The van der Waals surface area contributed by atoms with E-state index in [1.807, 2.05) is 19.9 Å². The van der Waals surface area contributed by atoms with Gasteiger partial charge in [0.15, 0.2) is 0 Å². The molecule has 0 spiro atoms. The lowest BCUT2D eigenvalue weighted by Crippen LogP contribution is -2.29. The van der Waals surface area contributed by atoms with Crippen LogP contribution in [0, 0.1) is 0 Å². The summed E-state index contributed by atoms with van der Waals surface area (Å²) < 4.78 is 0. The molecule has 1 aliphatic rings. The van der Waals surface area contributed by atoms with Crippen molar-refractivity contribution in [2.24, 2.45) is 0 Å². The fraction of sp³-hybridized carbons (Fsp3) is 0.200. The van der Waals surface area contributed by atoms with E-state index in [1.165, 1.54) is 33.4 Å². The van der Waals surface area contributed by atoms with Gasteiger partial charge in [0.25, 0.3) is 0 Å². The molecule has 154 valence electrons. The van der Waals surface area contributed by atoms with Crippen LogP contribution in [0.1, 0.15) is 45.7 Å². The molecule has 0 heteroatoms. The molecule has 0 aromatic heterocycles. The van der Waals surface area contributed by atoms with Crippen LogP contribution in [0.25, 0.3) is 11.1 Å². The number of allylic oxidation sites excluding steroid dienone is 11. The third-order valence-electron chi connectivity index (χ3n) is 5.28. The minimum absolute atomic E-state index is 0.375. The molecule has 30 heavy (non-hydrogen) atoms. The number of benzene rings is 2. The third kappa shape index (κ3) is 3.96. The Morgan fingerprint density at radius 3 is 1.60 bits per heavy atom. The van der Waals surface area contributed by atoms with Gasteiger partial charge in [0.2, 0.25) is 0 Å². The van der Waals surface area contributed by atoms with Crippen LogP contribution >= 0.6 is 0 Å². The van der Waals surface area contributed by atoms with Crippen molar-refractivity contribution in [3.63, 3.8) is 0 Å².